The number of nitrogens with zero attached hydrogens (tertiary/aromatic N) is 3. The van der Waals surface area contributed by atoms with Crippen molar-refractivity contribution in [1.29, 1.82) is 0 Å². The summed E-state index contributed by atoms with van der Waals surface area (Å²) in [5, 5.41) is 16.9. The van der Waals surface area contributed by atoms with Crippen LogP contribution >= 0.6 is 0 Å². The van der Waals surface area contributed by atoms with Crippen LogP contribution in [0.5, 0.6) is 5.88 Å². The maximum absolute atomic E-state index is 12.4. The second-order valence-electron chi connectivity index (χ2n) is 6.59. The van der Waals surface area contributed by atoms with E-state index in [1.165, 1.54) is 0 Å². The minimum Gasteiger partial charge on any atom is -0.481 e. The lowest BCUT2D eigenvalue weighted by molar-refractivity contribution is -0.123. The molecule has 1 atom stereocenters. The van der Waals surface area contributed by atoms with Crippen molar-refractivity contribution in [2.24, 2.45) is 13.0 Å². The highest BCUT2D eigenvalue weighted by Crippen LogP contribution is 2.38. The fourth-order valence-corrected chi connectivity index (χ4v) is 3.18. The summed E-state index contributed by atoms with van der Waals surface area (Å²) in [5.41, 5.74) is 1.98. The molecule has 2 N–H and O–H groups in total. The van der Waals surface area contributed by atoms with E-state index in [4.69, 9.17) is 4.74 Å². The van der Waals surface area contributed by atoms with E-state index in [0.717, 1.165) is 11.1 Å². The molecule has 0 radical (unpaired) electrons. The first-order valence-corrected chi connectivity index (χ1v) is 8.50. The second-order valence-corrected chi connectivity index (χ2v) is 6.59. The van der Waals surface area contributed by atoms with Crippen LogP contribution in [-0.2, 0) is 18.3 Å². The highest BCUT2D eigenvalue weighted by atomic mass is 16.5. The van der Waals surface area contributed by atoms with Crippen LogP contribution in [0.2, 0.25) is 0 Å². The van der Waals surface area contributed by atoms with Gasteiger partial charge in [0.05, 0.1) is 25.5 Å². The predicted molar refractivity (Wildman–Crippen MR) is 91.9 cm³/mol. The topological polar surface area (TPSA) is 89.3 Å². The van der Waals surface area contributed by atoms with Crippen molar-refractivity contribution in [2.75, 3.05) is 7.11 Å². The van der Waals surface area contributed by atoms with Crippen LogP contribution in [0.25, 0.3) is 0 Å². The number of pyridine rings is 1. The van der Waals surface area contributed by atoms with Gasteiger partial charge in [0, 0.05) is 31.9 Å². The second kappa shape index (κ2) is 7.65. The molecule has 1 saturated carbocycles. The molecular weight excluding hydrogens is 320 g/mol. The van der Waals surface area contributed by atoms with E-state index in [2.05, 4.69) is 15.4 Å². The average molecular weight is 344 g/mol. The van der Waals surface area contributed by atoms with Crippen LogP contribution in [0.3, 0.4) is 0 Å². The molecule has 7 heteroatoms. The molecule has 1 aliphatic carbocycles. The Hall–Kier alpha value is -2.41. The Labute approximate surface area is 147 Å². The molecule has 25 heavy (non-hydrogen) atoms. The van der Waals surface area contributed by atoms with Crippen molar-refractivity contribution in [3.05, 3.63) is 41.9 Å². The molecule has 0 bridgehead atoms. The summed E-state index contributed by atoms with van der Waals surface area (Å²) >= 11 is 0. The summed E-state index contributed by atoms with van der Waals surface area (Å²) in [6, 6.07) is 3.57. The Kier molecular flexibility index (Phi) is 5.33. The molecule has 3 rings (SSSR count). The number of amides is 1. The van der Waals surface area contributed by atoms with Gasteiger partial charge in [-0.15, -0.1) is 0 Å². The number of aromatic nitrogens is 3. The smallest absolute Gasteiger partial charge is 0.220 e. The zero-order valence-electron chi connectivity index (χ0n) is 14.6. The minimum absolute atomic E-state index is 0.00828. The van der Waals surface area contributed by atoms with Gasteiger partial charge in [0.15, 0.2) is 0 Å². The number of rotatable bonds is 7. The lowest BCUT2D eigenvalue weighted by Crippen LogP contribution is -2.41. The first-order chi connectivity index (χ1) is 12.0. The lowest BCUT2D eigenvalue weighted by Gasteiger charge is -2.38. The first kappa shape index (κ1) is 17.4. The van der Waals surface area contributed by atoms with E-state index in [-0.39, 0.29) is 24.0 Å². The number of aryl methyl sites for hydroxylation is 2. The van der Waals surface area contributed by atoms with Crippen LogP contribution in [0, 0.1) is 5.92 Å². The molecule has 1 fully saturated rings. The number of aliphatic hydroxyl groups is 1. The van der Waals surface area contributed by atoms with Gasteiger partial charge in [-0.1, -0.05) is 6.07 Å². The van der Waals surface area contributed by atoms with Crippen LogP contribution in [0.4, 0.5) is 0 Å². The molecule has 134 valence electrons. The molecular formula is C18H24N4O3. The molecule has 2 aromatic heterocycles. The van der Waals surface area contributed by atoms with E-state index in [0.29, 0.717) is 31.6 Å². The van der Waals surface area contributed by atoms with Gasteiger partial charge in [0.25, 0.3) is 0 Å². The van der Waals surface area contributed by atoms with Crippen molar-refractivity contribution < 1.29 is 14.6 Å². The fourth-order valence-electron chi connectivity index (χ4n) is 3.18. The van der Waals surface area contributed by atoms with Crippen molar-refractivity contribution in [3.63, 3.8) is 0 Å². The number of ether oxygens (including phenoxy) is 1. The SMILES string of the molecule is COc1ccc([C@@H](NC(=O)CCc2cnn(C)c2)C2CC(O)C2)cn1. The van der Waals surface area contributed by atoms with E-state index >= 15 is 0 Å². The van der Waals surface area contributed by atoms with E-state index in [1.807, 2.05) is 19.3 Å². The Bertz CT molecular complexity index is 707. The molecule has 0 saturated heterocycles. The van der Waals surface area contributed by atoms with Crippen LogP contribution in [0.15, 0.2) is 30.7 Å². The molecule has 2 aromatic rings. The Balaban J connectivity index is 1.63. The standard InChI is InChI=1S/C18H24N4O3/c1-22-11-12(9-20-22)3-5-16(24)21-18(14-7-15(23)8-14)13-4-6-17(25-2)19-10-13/h4,6,9-11,14-15,18,23H,3,5,7-8H2,1-2H3,(H,21,24)/t14?,15?,18-/m1/s1. The summed E-state index contributed by atoms with van der Waals surface area (Å²) in [4.78, 5) is 16.6. The monoisotopic (exact) mass is 344 g/mol. The number of hydrogen-bond donors (Lipinski definition) is 2. The predicted octanol–water partition coefficient (Wildman–Crippen LogP) is 1.38. The Morgan fingerprint density at radius 2 is 2.24 bits per heavy atom. The number of carbonyl (C=O) groups is 1. The van der Waals surface area contributed by atoms with Crippen molar-refractivity contribution in [2.45, 2.75) is 37.8 Å². The van der Waals surface area contributed by atoms with E-state index in [1.54, 1.807) is 30.3 Å². The van der Waals surface area contributed by atoms with Crippen LogP contribution in [-0.4, -0.2) is 39.0 Å². The zero-order valence-corrected chi connectivity index (χ0v) is 14.6. The zero-order chi connectivity index (χ0) is 17.8. The molecule has 0 aromatic carbocycles. The number of aliphatic hydroxyl groups excluding tert-OH is 1. The average Bonchev–Trinajstić information content (AvgIpc) is 3.01. The van der Waals surface area contributed by atoms with E-state index < -0.39 is 0 Å². The number of carbonyl (C=O) groups excluding carboxylic acids is 1. The molecule has 0 spiro atoms. The molecule has 1 aliphatic rings. The van der Waals surface area contributed by atoms with Crippen molar-refractivity contribution in [3.8, 4) is 5.88 Å². The number of nitrogens with one attached hydrogen (secondary N) is 1. The van der Waals surface area contributed by atoms with Gasteiger partial charge in [-0.05, 0) is 36.3 Å². The summed E-state index contributed by atoms with van der Waals surface area (Å²) in [6.07, 6.45) is 7.60. The van der Waals surface area contributed by atoms with Crippen molar-refractivity contribution in [1.82, 2.24) is 20.1 Å². The van der Waals surface area contributed by atoms with Gasteiger partial charge in [0.1, 0.15) is 0 Å². The largest absolute Gasteiger partial charge is 0.481 e. The molecule has 7 nitrogen and oxygen atoms in total. The summed E-state index contributed by atoms with van der Waals surface area (Å²) < 4.78 is 6.82. The normalized spacial score (nSPS) is 20.6. The maximum Gasteiger partial charge on any atom is 0.220 e. The fraction of sp³-hybridized carbons (Fsp3) is 0.500. The van der Waals surface area contributed by atoms with E-state index in [9.17, 15) is 9.90 Å². The molecule has 0 aliphatic heterocycles. The van der Waals surface area contributed by atoms with Gasteiger partial charge in [-0.25, -0.2) is 4.98 Å². The maximum atomic E-state index is 12.4. The summed E-state index contributed by atoms with van der Waals surface area (Å²) in [6.45, 7) is 0. The van der Waals surface area contributed by atoms with Gasteiger partial charge < -0.3 is 15.2 Å². The molecule has 0 unspecified atom stereocenters. The molecule has 2 heterocycles. The van der Waals surface area contributed by atoms with Crippen LogP contribution in [0.1, 0.15) is 36.4 Å². The van der Waals surface area contributed by atoms with Gasteiger partial charge in [0.2, 0.25) is 11.8 Å². The Morgan fingerprint density at radius 3 is 2.80 bits per heavy atom. The number of methoxy groups -OCH3 is 1. The number of hydrogen-bond acceptors (Lipinski definition) is 5. The quantitative estimate of drug-likeness (QED) is 0.792. The highest BCUT2D eigenvalue weighted by Gasteiger charge is 2.35. The summed E-state index contributed by atoms with van der Waals surface area (Å²) in [5.74, 6) is 0.762. The first-order valence-electron chi connectivity index (χ1n) is 8.50. The minimum atomic E-state index is -0.272. The van der Waals surface area contributed by atoms with Gasteiger partial charge in [-0.2, -0.15) is 5.10 Å². The van der Waals surface area contributed by atoms with Gasteiger partial charge in [-0.3, -0.25) is 9.48 Å². The third-order valence-electron chi connectivity index (χ3n) is 4.66. The highest BCUT2D eigenvalue weighted by molar-refractivity contribution is 5.76. The van der Waals surface area contributed by atoms with Gasteiger partial charge >= 0.3 is 0 Å². The third kappa shape index (κ3) is 4.36. The summed E-state index contributed by atoms with van der Waals surface area (Å²) in [7, 11) is 3.43. The molecule has 1 amide bonds. The van der Waals surface area contributed by atoms with Crippen molar-refractivity contribution >= 4 is 5.91 Å². The lowest BCUT2D eigenvalue weighted by atomic mass is 9.75. The van der Waals surface area contributed by atoms with Crippen LogP contribution < -0.4 is 10.1 Å². The Morgan fingerprint density at radius 1 is 1.44 bits per heavy atom. The third-order valence-corrected chi connectivity index (χ3v) is 4.66.